The van der Waals surface area contributed by atoms with Crippen LogP contribution in [0.15, 0.2) is 4.99 Å². The molecule has 3 unspecified atom stereocenters. The van der Waals surface area contributed by atoms with Crippen molar-refractivity contribution in [3.8, 4) is 0 Å². The van der Waals surface area contributed by atoms with Crippen molar-refractivity contribution in [3.63, 3.8) is 0 Å². The molecule has 0 bridgehead atoms. The Morgan fingerprint density at radius 3 is 2.44 bits per heavy atom. The SMILES string of the molecule is CC1CCC2/C(=N/C(C)C)N(C(C)C)CCC2C1. The highest BCUT2D eigenvalue weighted by atomic mass is 15.2. The third kappa shape index (κ3) is 2.89. The molecule has 0 N–H and O–H groups in total. The van der Waals surface area contributed by atoms with Gasteiger partial charge in [-0.2, -0.15) is 0 Å². The van der Waals surface area contributed by atoms with Gasteiger partial charge in [-0.25, -0.2) is 0 Å². The van der Waals surface area contributed by atoms with E-state index in [9.17, 15) is 0 Å². The van der Waals surface area contributed by atoms with Crippen LogP contribution in [0, 0.1) is 17.8 Å². The number of likely N-dealkylation sites (tertiary alicyclic amines) is 1. The highest BCUT2D eigenvalue weighted by Gasteiger charge is 2.38. The summed E-state index contributed by atoms with van der Waals surface area (Å²) in [6.07, 6.45) is 5.56. The molecule has 18 heavy (non-hydrogen) atoms. The Morgan fingerprint density at radius 2 is 1.83 bits per heavy atom. The summed E-state index contributed by atoms with van der Waals surface area (Å²) >= 11 is 0. The minimum atomic E-state index is 0.430. The molecule has 0 aromatic heterocycles. The Balaban J connectivity index is 2.21. The van der Waals surface area contributed by atoms with E-state index < -0.39 is 0 Å². The first-order valence-corrected chi connectivity index (χ1v) is 7.83. The van der Waals surface area contributed by atoms with Crippen molar-refractivity contribution in [2.75, 3.05) is 6.54 Å². The summed E-state index contributed by atoms with van der Waals surface area (Å²) in [5.74, 6) is 4.02. The Kier molecular flexibility index (Phi) is 4.34. The lowest BCUT2D eigenvalue weighted by Crippen LogP contribution is -2.50. The Bertz CT molecular complexity index is 306. The average Bonchev–Trinajstić information content (AvgIpc) is 2.27. The number of fused-ring (bicyclic) bond motifs is 1. The van der Waals surface area contributed by atoms with E-state index in [1.807, 2.05) is 0 Å². The van der Waals surface area contributed by atoms with Gasteiger partial charge in [0.25, 0.3) is 0 Å². The van der Waals surface area contributed by atoms with Crippen molar-refractivity contribution in [2.24, 2.45) is 22.7 Å². The van der Waals surface area contributed by atoms with Gasteiger partial charge in [-0.05, 0) is 65.2 Å². The van der Waals surface area contributed by atoms with Gasteiger partial charge in [0.15, 0.2) is 0 Å². The molecule has 2 rings (SSSR count). The largest absolute Gasteiger partial charge is 0.358 e. The molecule has 0 radical (unpaired) electrons. The van der Waals surface area contributed by atoms with Crippen LogP contribution in [0.4, 0.5) is 0 Å². The second-order valence-electron chi connectivity index (χ2n) is 6.94. The van der Waals surface area contributed by atoms with Gasteiger partial charge in [0, 0.05) is 24.5 Å². The van der Waals surface area contributed by atoms with Gasteiger partial charge in [-0.15, -0.1) is 0 Å². The number of amidine groups is 1. The van der Waals surface area contributed by atoms with Crippen LogP contribution in [0.25, 0.3) is 0 Å². The van der Waals surface area contributed by atoms with Crippen LogP contribution in [0.1, 0.15) is 60.3 Å². The molecular formula is C16H30N2. The highest BCUT2D eigenvalue weighted by molar-refractivity contribution is 5.86. The number of aliphatic imine (C=N–C) groups is 1. The molecule has 104 valence electrons. The quantitative estimate of drug-likeness (QED) is 0.724. The highest BCUT2D eigenvalue weighted by Crippen LogP contribution is 2.40. The maximum absolute atomic E-state index is 4.99. The Morgan fingerprint density at radius 1 is 1.11 bits per heavy atom. The van der Waals surface area contributed by atoms with Crippen molar-refractivity contribution in [3.05, 3.63) is 0 Å². The molecule has 1 aliphatic carbocycles. The molecule has 1 saturated carbocycles. The average molecular weight is 250 g/mol. The molecule has 2 aliphatic rings. The Labute approximate surface area is 113 Å². The summed E-state index contributed by atoms with van der Waals surface area (Å²) in [6, 6.07) is 1.03. The molecule has 2 nitrogen and oxygen atoms in total. The van der Waals surface area contributed by atoms with Gasteiger partial charge in [-0.3, -0.25) is 4.99 Å². The second-order valence-corrected chi connectivity index (χ2v) is 6.94. The molecule has 0 amide bonds. The predicted molar refractivity (Wildman–Crippen MR) is 79.0 cm³/mol. The second kappa shape index (κ2) is 5.63. The van der Waals surface area contributed by atoms with E-state index in [0.29, 0.717) is 12.1 Å². The number of piperidine rings is 1. The minimum Gasteiger partial charge on any atom is -0.358 e. The van der Waals surface area contributed by atoms with Gasteiger partial charge < -0.3 is 4.90 Å². The fraction of sp³-hybridized carbons (Fsp3) is 0.938. The molecule has 0 spiro atoms. The molecule has 1 saturated heterocycles. The summed E-state index contributed by atoms with van der Waals surface area (Å²) in [5, 5.41) is 0. The van der Waals surface area contributed by atoms with Crippen LogP contribution < -0.4 is 0 Å². The van der Waals surface area contributed by atoms with E-state index in [0.717, 1.165) is 17.8 Å². The third-order valence-corrected chi connectivity index (χ3v) is 4.63. The predicted octanol–water partition coefficient (Wildman–Crippen LogP) is 3.96. The summed E-state index contributed by atoms with van der Waals surface area (Å²) in [7, 11) is 0. The first-order valence-electron chi connectivity index (χ1n) is 7.83. The van der Waals surface area contributed by atoms with Crippen molar-refractivity contribution in [2.45, 2.75) is 72.4 Å². The monoisotopic (exact) mass is 250 g/mol. The first-order chi connectivity index (χ1) is 8.49. The zero-order valence-electron chi connectivity index (χ0n) is 12.8. The van der Waals surface area contributed by atoms with E-state index in [1.165, 1.54) is 38.1 Å². The number of hydrogen-bond acceptors (Lipinski definition) is 1. The molecule has 0 aromatic carbocycles. The molecule has 3 atom stereocenters. The standard InChI is InChI=1S/C16H30N2/c1-11(2)17-16-15-7-6-13(5)10-14(15)8-9-18(16)12(3)4/h11-15H,6-10H2,1-5H3/b17-16-. The molecule has 1 aliphatic heterocycles. The zero-order valence-corrected chi connectivity index (χ0v) is 12.8. The molecule has 2 fully saturated rings. The van der Waals surface area contributed by atoms with Crippen LogP contribution in [-0.2, 0) is 0 Å². The molecule has 1 heterocycles. The van der Waals surface area contributed by atoms with Gasteiger partial charge in [0.05, 0.1) is 0 Å². The molecular weight excluding hydrogens is 220 g/mol. The van der Waals surface area contributed by atoms with E-state index in [2.05, 4.69) is 39.5 Å². The topological polar surface area (TPSA) is 15.6 Å². The van der Waals surface area contributed by atoms with E-state index in [4.69, 9.17) is 4.99 Å². The minimum absolute atomic E-state index is 0.430. The first kappa shape index (κ1) is 13.9. The lowest BCUT2D eigenvalue weighted by molar-refractivity contribution is 0.155. The van der Waals surface area contributed by atoms with Crippen LogP contribution >= 0.6 is 0 Å². The summed E-state index contributed by atoms with van der Waals surface area (Å²) < 4.78 is 0. The van der Waals surface area contributed by atoms with Gasteiger partial charge >= 0.3 is 0 Å². The van der Waals surface area contributed by atoms with Crippen molar-refractivity contribution < 1.29 is 0 Å². The fourth-order valence-electron chi connectivity index (χ4n) is 3.75. The maximum Gasteiger partial charge on any atom is 0.103 e. The number of hydrogen-bond donors (Lipinski definition) is 0. The van der Waals surface area contributed by atoms with Crippen molar-refractivity contribution >= 4 is 5.84 Å². The fourth-order valence-corrected chi connectivity index (χ4v) is 3.75. The number of nitrogens with zero attached hydrogens (tertiary/aromatic N) is 2. The van der Waals surface area contributed by atoms with Crippen molar-refractivity contribution in [1.82, 2.24) is 4.90 Å². The van der Waals surface area contributed by atoms with E-state index in [-0.39, 0.29) is 0 Å². The van der Waals surface area contributed by atoms with E-state index >= 15 is 0 Å². The summed E-state index contributed by atoms with van der Waals surface area (Å²) in [6.45, 7) is 12.7. The lowest BCUT2D eigenvalue weighted by atomic mass is 9.70. The Hall–Kier alpha value is -0.530. The smallest absolute Gasteiger partial charge is 0.103 e. The maximum atomic E-state index is 4.99. The zero-order chi connectivity index (χ0) is 13.3. The lowest BCUT2D eigenvalue weighted by Gasteiger charge is -2.46. The van der Waals surface area contributed by atoms with Crippen LogP contribution in [0.5, 0.6) is 0 Å². The van der Waals surface area contributed by atoms with Crippen LogP contribution in [0.2, 0.25) is 0 Å². The number of rotatable bonds is 2. The summed E-state index contributed by atoms with van der Waals surface area (Å²) in [5.41, 5.74) is 0. The van der Waals surface area contributed by atoms with Crippen molar-refractivity contribution in [1.29, 1.82) is 0 Å². The third-order valence-electron chi connectivity index (χ3n) is 4.63. The van der Waals surface area contributed by atoms with Gasteiger partial charge in [-0.1, -0.05) is 6.92 Å². The van der Waals surface area contributed by atoms with Gasteiger partial charge in [0.1, 0.15) is 5.84 Å². The van der Waals surface area contributed by atoms with Gasteiger partial charge in [0.2, 0.25) is 0 Å². The normalized spacial score (nSPS) is 35.4. The molecule has 2 heteroatoms. The van der Waals surface area contributed by atoms with Crippen LogP contribution in [0.3, 0.4) is 0 Å². The van der Waals surface area contributed by atoms with E-state index in [1.54, 1.807) is 0 Å². The van der Waals surface area contributed by atoms with Crippen LogP contribution in [-0.4, -0.2) is 29.4 Å². The summed E-state index contributed by atoms with van der Waals surface area (Å²) in [4.78, 5) is 7.56. The molecule has 0 aromatic rings.